The highest BCUT2D eigenvalue weighted by Gasteiger charge is 2.29. The van der Waals surface area contributed by atoms with Crippen molar-refractivity contribution in [2.45, 2.75) is 12.5 Å². The van der Waals surface area contributed by atoms with Crippen LogP contribution < -0.4 is 5.32 Å². The second-order valence-electron chi connectivity index (χ2n) is 4.35. The molecule has 2 nitrogen and oxygen atoms in total. The van der Waals surface area contributed by atoms with E-state index in [0.29, 0.717) is 6.04 Å². The molecule has 2 heterocycles. The Kier molecular flexibility index (Phi) is 3.47. The number of nitrogens with one attached hydrogen (secondary N) is 1. The first-order valence-electron chi connectivity index (χ1n) is 5.58. The summed E-state index contributed by atoms with van der Waals surface area (Å²) in [6.07, 6.45) is 0.990. The van der Waals surface area contributed by atoms with Crippen LogP contribution in [0.1, 0.15) is 17.2 Å². The van der Waals surface area contributed by atoms with Gasteiger partial charge in [-0.15, -0.1) is 12.4 Å². The molecule has 1 N–H and O–H groups in total. The van der Waals surface area contributed by atoms with Gasteiger partial charge in [-0.05, 0) is 29.7 Å². The van der Waals surface area contributed by atoms with E-state index in [2.05, 4.69) is 10.2 Å². The maximum Gasteiger partial charge on any atom is 0.123 e. The quantitative estimate of drug-likeness (QED) is 0.746. The predicted molar refractivity (Wildman–Crippen MR) is 64.5 cm³/mol. The van der Waals surface area contributed by atoms with E-state index in [1.165, 1.54) is 11.1 Å². The average Bonchev–Trinajstić information content (AvgIpc) is 2.28. The van der Waals surface area contributed by atoms with Crippen molar-refractivity contribution in [3.05, 3.63) is 35.1 Å². The van der Waals surface area contributed by atoms with Gasteiger partial charge in [-0.1, -0.05) is 6.07 Å². The molecule has 0 bridgehead atoms. The van der Waals surface area contributed by atoms with Gasteiger partial charge in [-0.25, -0.2) is 4.39 Å². The summed E-state index contributed by atoms with van der Waals surface area (Å²) in [7, 11) is 0. The molecule has 1 fully saturated rings. The van der Waals surface area contributed by atoms with E-state index in [0.717, 1.165) is 32.6 Å². The largest absolute Gasteiger partial charge is 0.314 e. The van der Waals surface area contributed by atoms with Crippen molar-refractivity contribution in [3.8, 4) is 0 Å². The van der Waals surface area contributed by atoms with Crippen LogP contribution in [0.25, 0.3) is 0 Å². The molecule has 1 atom stereocenters. The summed E-state index contributed by atoms with van der Waals surface area (Å²) in [5, 5.41) is 3.40. The number of halogens is 2. The van der Waals surface area contributed by atoms with E-state index in [1.54, 1.807) is 12.1 Å². The lowest BCUT2D eigenvalue weighted by Crippen LogP contribution is -2.48. The van der Waals surface area contributed by atoms with Crippen LogP contribution in [-0.2, 0) is 6.42 Å². The van der Waals surface area contributed by atoms with E-state index < -0.39 is 0 Å². The highest BCUT2D eigenvalue weighted by Crippen LogP contribution is 2.30. The Morgan fingerprint density at radius 1 is 1.31 bits per heavy atom. The molecule has 1 aromatic carbocycles. The molecule has 16 heavy (non-hydrogen) atoms. The van der Waals surface area contributed by atoms with E-state index in [9.17, 15) is 4.39 Å². The van der Waals surface area contributed by atoms with Crippen LogP contribution in [0.5, 0.6) is 0 Å². The van der Waals surface area contributed by atoms with Crippen molar-refractivity contribution in [1.82, 2.24) is 10.2 Å². The summed E-state index contributed by atoms with van der Waals surface area (Å²) < 4.78 is 13.1. The monoisotopic (exact) mass is 242 g/mol. The molecule has 4 heteroatoms. The Bertz CT molecular complexity index is 383. The second kappa shape index (κ2) is 4.70. The molecular weight excluding hydrogens is 227 g/mol. The molecule has 2 aliphatic heterocycles. The first kappa shape index (κ1) is 11.8. The zero-order valence-corrected chi connectivity index (χ0v) is 9.89. The Balaban J connectivity index is 0.000000963. The minimum atomic E-state index is -0.106. The topological polar surface area (TPSA) is 15.3 Å². The van der Waals surface area contributed by atoms with Crippen LogP contribution in [0.3, 0.4) is 0 Å². The molecule has 88 valence electrons. The fourth-order valence-corrected chi connectivity index (χ4v) is 2.70. The van der Waals surface area contributed by atoms with Gasteiger partial charge in [0.2, 0.25) is 0 Å². The molecule has 0 aliphatic carbocycles. The lowest BCUT2D eigenvalue weighted by Gasteiger charge is -2.40. The lowest BCUT2D eigenvalue weighted by molar-refractivity contribution is 0.151. The molecule has 0 amide bonds. The zero-order chi connectivity index (χ0) is 10.3. The van der Waals surface area contributed by atoms with E-state index in [-0.39, 0.29) is 18.2 Å². The van der Waals surface area contributed by atoms with Crippen molar-refractivity contribution >= 4 is 12.4 Å². The predicted octanol–water partition coefficient (Wildman–Crippen LogP) is 1.75. The van der Waals surface area contributed by atoms with Crippen LogP contribution in [0.4, 0.5) is 4.39 Å². The Morgan fingerprint density at radius 3 is 3.06 bits per heavy atom. The highest BCUT2D eigenvalue weighted by molar-refractivity contribution is 5.85. The molecular formula is C12H16ClFN2. The molecule has 3 rings (SSSR count). The number of hydrogen-bond donors (Lipinski definition) is 1. The van der Waals surface area contributed by atoms with Gasteiger partial charge in [0.15, 0.2) is 0 Å². The van der Waals surface area contributed by atoms with Crippen molar-refractivity contribution in [1.29, 1.82) is 0 Å². The molecule has 0 radical (unpaired) electrons. The molecule has 0 aromatic heterocycles. The van der Waals surface area contributed by atoms with Crippen molar-refractivity contribution in [2.24, 2.45) is 0 Å². The molecule has 1 unspecified atom stereocenters. The SMILES string of the molecule is Cl.Fc1ccc2c(c1)CCN1CCNCC21. The number of piperazine rings is 1. The van der Waals surface area contributed by atoms with Gasteiger partial charge in [0.1, 0.15) is 5.82 Å². The fraction of sp³-hybridized carbons (Fsp3) is 0.500. The van der Waals surface area contributed by atoms with Gasteiger partial charge in [0.25, 0.3) is 0 Å². The maximum absolute atomic E-state index is 13.1. The van der Waals surface area contributed by atoms with Gasteiger partial charge >= 0.3 is 0 Å². The van der Waals surface area contributed by atoms with E-state index in [1.807, 2.05) is 6.07 Å². The Labute approximate surface area is 101 Å². The minimum absolute atomic E-state index is 0. The smallest absolute Gasteiger partial charge is 0.123 e. The molecule has 0 saturated carbocycles. The van der Waals surface area contributed by atoms with Gasteiger partial charge in [0, 0.05) is 32.2 Å². The van der Waals surface area contributed by atoms with E-state index in [4.69, 9.17) is 0 Å². The summed E-state index contributed by atoms with van der Waals surface area (Å²) in [6.45, 7) is 4.26. The summed E-state index contributed by atoms with van der Waals surface area (Å²) >= 11 is 0. The van der Waals surface area contributed by atoms with Gasteiger partial charge in [-0.3, -0.25) is 4.90 Å². The third-order valence-corrected chi connectivity index (χ3v) is 3.49. The van der Waals surface area contributed by atoms with Crippen LogP contribution in [0.15, 0.2) is 18.2 Å². The second-order valence-corrected chi connectivity index (χ2v) is 4.35. The first-order chi connectivity index (χ1) is 7.34. The first-order valence-corrected chi connectivity index (χ1v) is 5.58. The van der Waals surface area contributed by atoms with Crippen LogP contribution in [0.2, 0.25) is 0 Å². The molecule has 1 aromatic rings. The number of rotatable bonds is 0. The molecule has 1 saturated heterocycles. The van der Waals surface area contributed by atoms with Crippen LogP contribution in [0, 0.1) is 5.82 Å². The van der Waals surface area contributed by atoms with Crippen LogP contribution in [-0.4, -0.2) is 31.1 Å². The zero-order valence-electron chi connectivity index (χ0n) is 9.08. The van der Waals surface area contributed by atoms with Crippen molar-refractivity contribution in [2.75, 3.05) is 26.2 Å². The summed E-state index contributed by atoms with van der Waals surface area (Å²) in [5.74, 6) is -0.106. The standard InChI is InChI=1S/C12H15FN2.ClH/c13-10-1-2-11-9(7-10)3-5-15-6-4-14-8-12(11)15;/h1-2,7,12,14H,3-6,8H2;1H. The number of nitrogens with zero attached hydrogens (tertiary/aromatic N) is 1. The third-order valence-electron chi connectivity index (χ3n) is 3.49. The number of fused-ring (bicyclic) bond motifs is 3. The Morgan fingerprint density at radius 2 is 2.19 bits per heavy atom. The fourth-order valence-electron chi connectivity index (χ4n) is 2.70. The summed E-state index contributed by atoms with van der Waals surface area (Å²) in [4.78, 5) is 2.50. The number of benzene rings is 1. The summed E-state index contributed by atoms with van der Waals surface area (Å²) in [5.41, 5.74) is 2.51. The summed E-state index contributed by atoms with van der Waals surface area (Å²) in [6, 6.07) is 5.69. The van der Waals surface area contributed by atoms with E-state index >= 15 is 0 Å². The van der Waals surface area contributed by atoms with Gasteiger partial charge < -0.3 is 5.32 Å². The average molecular weight is 243 g/mol. The Hall–Kier alpha value is -0.640. The maximum atomic E-state index is 13.1. The van der Waals surface area contributed by atoms with Crippen molar-refractivity contribution in [3.63, 3.8) is 0 Å². The van der Waals surface area contributed by atoms with Gasteiger partial charge in [0.05, 0.1) is 0 Å². The van der Waals surface area contributed by atoms with Gasteiger partial charge in [-0.2, -0.15) is 0 Å². The third kappa shape index (κ3) is 1.95. The molecule has 2 aliphatic rings. The van der Waals surface area contributed by atoms with Crippen LogP contribution >= 0.6 is 12.4 Å². The normalized spacial score (nSPS) is 24.2. The lowest BCUT2D eigenvalue weighted by atomic mass is 9.91. The highest BCUT2D eigenvalue weighted by atomic mass is 35.5. The number of hydrogen-bond acceptors (Lipinski definition) is 2. The molecule has 0 spiro atoms. The minimum Gasteiger partial charge on any atom is -0.314 e. The van der Waals surface area contributed by atoms with Crippen molar-refractivity contribution < 1.29 is 4.39 Å².